The third-order valence-corrected chi connectivity index (χ3v) is 2.87. The van der Waals surface area contributed by atoms with Crippen molar-refractivity contribution in [2.24, 2.45) is 19.8 Å². The molecule has 0 bridgehead atoms. The van der Waals surface area contributed by atoms with Gasteiger partial charge in [-0.05, 0) is 18.9 Å². The third kappa shape index (κ3) is 2.14. The summed E-state index contributed by atoms with van der Waals surface area (Å²) in [5.74, 6) is 0. The van der Waals surface area contributed by atoms with Crippen LogP contribution in [0.1, 0.15) is 23.9 Å². The smallest absolute Gasteiger partial charge is 0.0946 e. The number of imidazole rings is 1. The fraction of sp³-hybridized carbons (Fsp3) is 0.455. The predicted octanol–water partition coefficient (Wildman–Crippen LogP) is 0.786. The van der Waals surface area contributed by atoms with Crippen molar-refractivity contribution in [1.29, 1.82) is 0 Å². The Morgan fingerprint density at radius 1 is 1.44 bits per heavy atom. The Morgan fingerprint density at radius 3 is 2.81 bits per heavy atom. The summed E-state index contributed by atoms with van der Waals surface area (Å²) in [6.07, 6.45) is 7.25. The second-order valence-corrected chi connectivity index (χ2v) is 4.02. The lowest BCUT2D eigenvalue weighted by Gasteiger charge is -2.11. The molecule has 2 aromatic rings. The molecule has 0 aliphatic carbocycles. The van der Waals surface area contributed by atoms with Crippen LogP contribution in [0.2, 0.25) is 0 Å². The highest BCUT2D eigenvalue weighted by atomic mass is 15.2. The number of hydrogen-bond acceptors (Lipinski definition) is 3. The van der Waals surface area contributed by atoms with Crippen LogP contribution < -0.4 is 5.73 Å². The predicted molar refractivity (Wildman–Crippen MR) is 61.7 cm³/mol. The second kappa shape index (κ2) is 4.49. The fourth-order valence-electron chi connectivity index (χ4n) is 1.82. The molecule has 0 aliphatic heterocycles. The van der Waals surface area contributed by atoms with E-state index >= 15 is 0 Å². The minimum atomic E-state index is 0.0300. The van der Waals surface area contributed by atoms with Crippen molar-refractivity contribution in [1.82, 2.24) is 19.3 Å². The van der Waals surface area contributed by atoms with E-state index in [1.165, 1.54) is 5.69 Å². The minimum absolute atomic E-state index is 0.0300. The van der Waals surface area contributed by atoms with Gasteiger partial charge in [0, 0.05) is 38.2 Å². The lowest BCUT2D eigenvalue weighted by atomic mass is 10.1. The van der Waals surface area contributed by atoms with Crippen molar-refractivity contribution in [2.45, 2.75) is 18.9 Å². The van der Waals surface area contributed by atoms with Crippen LogP contribution in [0, 0.1) is 0 Å². The van der Waals surface area contributed by atoms with Crippen LogP contribution >= 0.6 is 0 Å². The Bertz CT molecular complexity index is 456. The summed E-state index contributed by atoms with van der Waals surface area (Å²) in [6, 6.07) is 2.05. The van der Waals surface area contributed by atoms with Gasteiger partial charge < -0.3 is 10.3 Å². The SMILES string of the molecule is Cn1cncc1C(N)CCc1ccnn1C. The standard InChI is InChI=1S/C11H17N5/c1-15-8-13-7-11(15)10(12)4-3-9-5-6-14-16(9)2/h5-8,10H,3-4,12H2,1-2H3. The molecule has 2 aromatic heterocycles. The molecule has 2 heterocycles. The lowest BCUT2D eigenvalue weighted by molar-refractivity contribution is 0.584. The topological polar surface area (TPSA) is 61.7 Å². The molecule has 0 saturated carbocycles. The van der Waals surface area contributed by atoms with E-state index < -0.39 is 0 Å². The normalized spacial score (nSPS) is 12.9. The van der Waals surface area contributed by atoms with Crippen LogP contribution in [0.15, 0.2) is 24.8 Å². The van der Waals surface area contributed by atoms with Crippen molar-refractivity contribution in [3.05, 3.63) is 36.2 Å². The maximum Gasteiger partial charge on any atom is 0.0946 e. The largest absolute Gasteiger partial charge is 0.336 e. The van der Waals surface area contributed by atoms with Gasteiger partial charge in [-0.1, -0.05) is 0 Å². The molecule has 0 fully saturated rings. The summed E-state index contributed by atoms with van der Waals surface area (Å²) < 4.78 is 3.85. The van der Waals surface area contributed by atoms with E-state index in [4.69, 9.17) is 5.73 Å². The van der Waals surface area contributed by atoms with E-state index in [-0.39, 0.29) is 6.04 Å². The Balaban J connectivity index is 1.97. The molecule has 0 spiro atoms. The molecule has 16 heavy (non-hydrogen) atoms. The van der Waals surface area contributed by atoms with E-state index in [1.54, 1.807) is 6.33 Å². The number of nitrogens with zero attached hydrogens (tertiary/aromatic N) is 4. The van der Waals surface area contributed by atoms with Gasteiger partial charge in [0.1, 0.15) is 0 Å². The zero-order valence-corrected chi connectivity index (χ0v) is 9.67. The Labute approximate surface area is 94.9 Å². The van der Waals surface area contributed by atoms with Gasteiger partial charge in [0.15, 0.2) is 0 Å². The van der Waals surface area contributed by atoms with Gasteiger partial charge in [-0.25, -0.2) is 4.98 Å². The monoisotopic (exact) mass is 219 g/mol. The highest BCUT2D eigenvalue weighted by Gasteiger charge is 2.10. The average molecular weight is 219 g/mol. The van der Waals surface area contributed by atoms with E-state index in [0.717, 1.165) is 18.5 Å². The molecule has 0 saturated heterocycles. The summed E-state index contributed by atoms with van der Waals surface area (Å²) >= 11 is 0. The number of nitrogens with two attached hydrogens (primary N) is 1. The summed E-state index contributed by atoms with van der Waals surface area (Å²) in [6.45, 7) is 0. The highest BCUT2D eigenvalue weighted by molar-refractivity contribution is 5.06. The highest BCUT2D eigenvalue weighted by Crippen LogP contribution is 2.15. The fourth-order valence-corrected chi connectivity index (χ4v) is 1.82. The van der Waals surface area contributed by atoms with E-state index in [9.17, 15) is 0 Å². The Morgan fingerprint density at radius 2 is 2.25 bits per heavy atom. The zero-order chi connectivity index (χ0) is 11.5. The van der Waals surface area contributed by atoms with E-state index in [0.29, 0.717) is 0 Å². The van der Waals surface area contributed by atoms with E-state index in [2.05, 4.69) is 10.1 Å². The van der Waals surface area contributed by atoms with Gasteiger partial charge in [-0.15, -0.1) is 0 Å². The first-order chi connectivity index (χ1) is 7.68. The van der Waals surface area contributed by atoms with E-state index in [1.807, 2.05) is 41.8 Å². The molecule has 0 radical (unpaired) electrons. The number of aryl methyl sites for hydroxylation is 3. The molecule has 2 rings (SSSR count). The van der Waals surface area contributed by atoms with Gasteiger partial charge in [0.2, 0.25) is 0 Å². The minimum Gasteiger partial charge on any atom is -0.336 e. The van der Waals surface area contributed by atoms with Crippen LogP contribution in [0.4, 0.5) is 0 Å². The first-order valence-corrected chi connectivity index (χ1v) is 5.37. The first kappa shape index (κ1) is 10.9. The van der Waals surface area contributed by atoms with Crippen LogP contribution in [0.5, 0.6) is 0 Å². The van der Waals surface area contributed by atoms with Crippen molar-refractivity contribution in [3.63, 3.8) is 0 Å². The third-order valence-electron chi connectivity index (χ3n) is 2.87. The maximum absolute atomic E-state index is 6.12. The molecule has 86 valence electrons. The zero-order valence-electron chi connectivity index (χ0n) is 9.67. The Kier molecular flexibility index (Phi) is 3.05. The molecule has 2 N–H and O–H groups in total. The average Bonchev–Trinajstić information content (AvgIpc) is 2.84. The summed E-state index contributed by atoms with van der Waals surface area (Å²) in [5, 5.41) is 4.13. The lowest BCUT2D eigenvalue weighted by Crippen LogP contribution is -2.15. The maximum atomic E-state index is 6.12. The molecular formula is C11H17N5. The van der Waals surface area contributed by atoms with Crippen molar-refractivity contribution >= 4 is 0 Å². The molecule has 1 atom stereocenters. The summed E-state index contributed by atoms with van der Waals surface area (Å²) in [4.78, 5) is 4.07. The van der Waals surface area contributed by atoms with Crippen LogP contribution in [0.25, 0.3) is 0 Å². The summed E-state index contributed by atoms with van der Waals surface area (Å²) in [7, 11) is 3.91. The van der Waals surface area contributed by atoms with Crippen LogP contribution in [0.3, 0.4) is 0 Å². The first-order valence-electron chi connectivity index (χ1n) is 5.37. The molecular weight excluding hydrogens is 202 g/mol. The second-order valence-electron chi connectivity index (χ2n) is 4.02. The van der Waals surface area contributed by atoms with Gasteiger partial charge in [0.25, 0.3) is 0 Å². The van der Waals surface area contributed by atoms with Gasteiger partial charge in [0.05, 0.1) is 12.0 Å². The molecule has 0 aromatic carbocycles. The number of rotatable bonds is 4. The molecule has 5 nitrogen and oxygen atoms in total. The quantitative estimate of drug-likeness (QED) is 0.826. The van der Waals surface area contributed by atoms with Gasteiger partial charge in [-0.3, -0.25) is 4.68 Å². The molecule has 1 unspecified atom stereocenters. The van der Waals surface area contributed by atoms with Crippen molar-refractivity contribution < 1.29 is 0 Å². The number of hydrogen-bond donors (Lipinski definition) is 1. The van der Waals surface area contributed by atoms with Crippen molar-refractivity contribution in [2.75, 3.05) is 0 Å². The van der Waals surface area contributed by atoms with Gasteiger partial charge >= 0.3 is 0 Å². The van der Waals surface area contributed by atoms with Crippen LogP contribution in [-0.4, -0.2) is 19.3 Å². The molecule has 5 heteroatoms. The van der Waals surface area contributed by atoms with Crippen LogP contribution in [-0.2, 0) is 20.5 Å². The molecule has 0 aliphatic rings. The molecule has 0 amide bonds. The van der Waals surface area contributed by atoms with Gasteiger partial charge in [-0.2, -0.15) is 5.10 Å². The van der Waals surface area contributed by atoms with Crippen molar-refractivity contribution in [3.8, 4) is 0 Å². The summed E-state index contributed by atoms with van der Waals surface area (Å²) in [5.41, 5.74) is 8.39. The number of aromatic nitrogens is 4. The Hall–Kier alpha value is -1.62.